The standard InChI is InChI=1S/C12H15Cl2NO/c1-12(2,15-11(16)7-8-13)9-3-5-10(14)6-4-9/h3-6H,7-8H2,1-2H3,(H,15,16). The van der Waals surface area contributed by atoms with Gasteiger partial charge < -0.3 is 5.32 Å². The Balaban J connectivity index is 2.76. The molecule has 1 N–H and O–H groups in total. The van der Waals surface area contributed by atoms with Gasteiger partial charge in [-0.1, -0.05) is 23.7 Å². The van der Waals surface area contributed by atoms with Crippen molar-refractivity contribution < 1.29 is 4.79 Å². The second-order valence-corrected chi connectivity index (χ2v) is 4.93. The molecule has 0 saturated heterocycles. The van der Waals surface area contributed by atoms with Crippen molar-refractivity contribution in [2.75, 3.05) is 5.88 Å². The molecule has 2 nitrogen and oxygen atoms in total. The van der Waals surface area contributed by atoms with E-state index >= 15 is 0 Å². The van der Waals surface area contributed by atoms with Crippen LogP contribution in [0.25, 0.3) is 0 Å². The first-order valence-electron chi connectivity index (χ1n) is 5.09. The molecule has 0 saturated carbocycles. The number of alkyl halides is 1. The lowest BCUT2D eigenvalue weighted by Gasteiger charge is -2.27. The summed E-state index contributed by atoms with van der Waals surface area (Å²) in [7, 11) is 0. The van der Waals surface area contributed by atoms with Crippen molar-refractivity contribution in [3.8, 4) is 0 Å². The van der Waals surface area contributed by atoms with Crippen molar-refractivity contribution in [3.63, 3.8) is 0 Å². The third-order valence-corrected chi connectivity index (χ3v) is 2.78. The van der Waals surface area contributed by atoms with Gasteiger partial charge in [-0.2, -0.15) is 0 Å². The SMILES string of the molecule is CC(C)(NC(=O)CCCl)c1ccc(Cl)cc1. The number of amides is 1. The maximum atomic E-state index is 11.5. The fourth-order valence-electron chi connectivity index (χ4n) is 1.44. The van der Waals surface area contributed by atoms with Gasteiger partial charge in [-0.15, -0.1) is 11.6 Å². The number of rotatable bonds is 4. The zero-order valence-electron chi connectivity index (χ0n) is 9.39. The van der Waals surface area contributed by atoms with Gasteiger partial charge in [-0.05, 0) is 31.5 Å². The summed E-state index contributed by atoms with van der Waals surface area (Å²) in [5, 5.41) is 3.61. The van der Waals surface area contributed by atoms with Crippen LogP contribution in [-0.2, 0) is 10.3 Å². The molecule has 0 aliphatic rings. The zero-order valence-corrected chi connectivity index (χ0v) is 10.9. The van der Waals surface area contributed by atoms with E-state index < -0.39 is 5.54 Å². The summed E-state index contributed by atoms with van der Waals surface area (Å²) >= 11 is 11.3. The maximum Gasteiger partial charge on any atom is 0.221 e. The number of halogens is 2. The van der Waals surface area contributed by atoms with Gasteiger partial charge >= 0.3 is 0 Å². The second-order valence-electron chi connectivity index (χ2n) is 4.12. The molecule has 0 unspecified atom stereocenters. The van der Waals surface area contributed by atoms with Crippen LogP contribution in [0.5, 0.6) is 0 Å². The number of carbonyl (C=O) groups is 1. The van der Waals surface area contributed by atoms with E-state index in [2.05, 4.69) is 5.32 Å². The first-order chi connectivity index (χ1) is 7.45. The van der Waals surface area contributed by atoms with E-state index in [1.54, 1.807) is 0 Å². The summed E-state index contributed by atoms with van der Waals surface area (Å²) in [4.78, 5) is 11.5. The number of carbonyl (C=O) groups excluding carboxylic acids is 1. The molecule has 1 amide bonds. The molecule has 0 heterocycles. The molecule has 0 spiro atoms. The van der Waals surface area contributed by atoms with Crippen LogP contribution in [0, 0.1) is 0 Å². The van der Waals surface area contributed by atoms with Gasteiger partial charge in [0.15, 0.2) is 0 Å². The van der Waals surface area contributed by atoms with Crippen LogP contribution in [0.4, 0.5) is 0 Å². The monoisotopic (exact) mass is 259 g/mol. The number of hydrogen-bond acceptors (Lipinski definition) is 1. The highest BCUT2D eigenvalue weighted by Gasteiger charge is 2.22. The Hall–Kier alpha value is -0.730. The van der Waals surface area contributed by atoms with Crippen LogP contribution < -0.4 is 5.32 Å². The van der Waals surface area contributed by atoms with Gasteiger partial charge in [0, 0.05) is 17.3 Å². The topological polar surface area (TPSA) is 29.1 Å². The maximum absolute atomic E-state index is 11.5. The van der Waals surface area contributed by atoms with Gasteiger partial charge in [0.2, 0.25) is 5.91 Å². The van der Waals surface area contributed by atoms with E-state index in [0.717, 1.165) is 5.56 Å². The smallest absolute Gasteiger partial charge is 0.221 e. The molecule has 16 heavy (non-hydrogen) atoms. The lowest BCUT2D eigenvalue weighted by molar-refractivity contribution is -0.122. The van der Waals surface area contributed by atoms with Crippen molar-refractivity contribution in [1.82, 2.24) is 5.32 Å². The predicted octanol–water partition coefficient (Wildman–Crippen LogP) is 3.32. The number of hydrogen-bond donors (Lipinski definition) is 1. The van der Waals surface area contributed by atoms with Gasteiger partial charge in [-0.3, -0.25) is 4.79 Å². The molecule has 1 aromatic rings. The number of benzene rings is 1. The largest absolute Gasteiger partial charge is 0.347 e. The quantitative estimate of drug-likeness (QED) is 0.826. The first-order valence-corrected chi connectivity index (χ1v) is 6.00. The summed E-state index contributed by atoms with van der Waals surface area (Å²) in [5.41, 5.74) is 0.605. The van der Waals surface area contributed by atoms with E-state index in [4.69, 9.17) is 23.2 Å². The highest BCUT2D eigenvalue weighted by molar-refractivity contribution is 6.30. The van der Waals surface area contributed by atoms with Gasteiger partial charge in [-0.25, -0.2) is 0 Å². The molecule has 4 heteroatoms. The minimum absolute atomic E-state index is 0.0463. The van der Waals surface area contributed by atoms with Crippen molar-refractivity contribution in [1.29, 1.82) is 0 Å². The molecule has 88 valence electrons. The highest BCUT2D eigenvalue weighted by atomic mass is 35.5. The molecule has 0 bridgehead atoms. The van der Waals surface area contributed by atoms with Crippen LogP contribution >= 0.6 is 23.2 Å². The molecule has 0 aliphatic carbocycles. The molecule has 0 fully saturated rings. The molecule has 1 rings (SSSR count). The Morgan fingerprint density at radius 2 is 1.88 bits per heavy atom. The fourth-order valence-corrected chi connectivity index (χ4v) is 1.73. The second kappa shape index (κ2) is 5.55. The molecule has 0 aromatic heterocycles. The Labute approximate surface area is 106 Å². The molecule has 0 radical (unpaired) electrons. The zero-order chi connectivity index (χ0) is 12.2. The van der Waals surface area contributed by atoms with Crippen LogP contribution in [-0.4, -0.2) is 11.8 Å². The average molecular weight is 260 g/mol. The van der Waals surface area contributed by atoms with Gasteiger partial charge in [0.05, 0.1) is 5.54 Å². The lowest BCUT2D eigenvalue weighted by atomic mass is 9.94. The molecular weight excluding hydrogens is 245 g/mol. The fraction of sp³-hybridized carbons (Fsp3) is 0.417. The summed E-state index contributed by atoms with van der Waals surface area (Å²) < 4.78 is 0. The van der Waals surface area contributed by atoms with Crippen molar-refractivity contribution in [3.05, 3.63) is 34.9 Å². The first kappa shape index (κ1) is 13.3. The van der Waals surface area contributed by atoms with Crippen molar-refractivity contribution in [2.45, 2.75) is 25.8 Å². The summed E-state index contributed by atoms with van der Waals surface area (Å²) in [5.74, 6) is 0.290. The molecule has 0 atom stereocenters. The average Bonchev–Trinajstić information content (AvgIpc) is 2.17. The Morgan fingerprint density at radius 3 is 2.38 bits per heavy atom. The normalized spacial score (nSPS) is 11.2. The van der Waals surface area contributed by atoms with Crippen molar-refractivity contribution >= 4 is 29.1 Å². The molecule has 1 aromatic carbocycles. The molecular formula is C12H15Cl2NO. The Morgan fingerprint density at radius 1 is 1.31 bits per heavy atom. The summed E-state index contributed by atoms with van der Waals surface area (Å²) in [6.07, 6.45) is 0.332. The molecule has 0 aliphatic heterocycles. The summed E-state index contributed by atoms with van der Waals surface area (Å²) in [6.45, 7) is 3.89. The van der Waals surface area contributed by atoms with Crippen LogP contribution in [0.2, 0.25) is 5.02 Å². The van der Waals surface area contributed by atoms with Crippen LogP contribution in [0.3, 0.4) is 0 Å². The Kier molecular flexibility index (Phi) is 4.63. The highest BCUT2D eigenvalue weighted by Crippen LogP contribution is 2.21. The van der Waals surface area contributed by atoms with E-state index in [1.807, 2.05) is 38.1 Å². The summed E-state index contributed by atoms with van der Waals surface area (Å²) in [6, 6.07) is 7.44. The third kappa shape index (κ3) is 3.69. The van der Waals surface area contributed by atoms with E-state index in [0.29, 0.717) is 17.3 Å². The minimum atomic E-state index is -0.409. The van der Waals surface area contributed by atoms with Crippen molar-refractivity contribution in [2.24, 2.45) is 0 Å². The third-order valence-electron chi connectivity index (χ3n) is 2.34. The van der Waals surface area contributed by atoms with E-state index in [1.165, 1.54) is 0 Å². The van der Waals surface area contributed by atoms with Gasteiger partial charge in [0.25, 0.3) is 0 Å². The Bertz CT molecular complexity index is 360. The lowest BCUT2D eigenvalue weighted by Crippen LogP contribution is -2.41. The van der Waals surface area contributed by atoms with Gasteiger partial charge in [0.1, 0.15) is 0 Å². The number of nitrogens with one attached hydrogen (secondary N) is 1. The van der Waals surface area contributed by atoms with Crippen LogP contribution in [0.1, 0.15) is 25.8 Å². The van der Waals surface area contributed by atoms with Crippen LogP contribution in [0.15, 0.2) is 24.3 Å². The van der Waals surface area contributed by atoms with E-state index in [-0.39, 0.29) is 5.91 Å². The van der Waals surface area contributed by atoms with E-state index in [9.17, 15) is 4.79 Å². The predicted molar refractivity (Wildman–Crippen MR) is 68.0 cm³/mol. The minimum Gasteiger partial charge on any atom is -0.347 e.